The predicted molar refractivity (Wildman–Crippen MR) is 97.5 cm³/mol. The summed E-state index contributed by atoms with van der Waals surface area (Å²) in [4.78, 5) is 12.3. The standard InChI is InChI=1S/C18H24N4O3/c1-12(2)9-10-19-17-8-6-14(21-22-17)18(23)20-13-5-7-15(24-3)16(11-13)25-4/h5-8,11-12H,9-10H2,1-4H3,(H,19,22)(H,20,23). The van der Waals surface area contributed by atoms with Gasteiger partial charge in [-0.1, -0.05) is 13.8 Å². The van der Waals surface area contributed by atoms with Crippen molar-refractivity contribution in [3.63, 3.8) is 0 Å². The highest BCUT2D eigenvalue weighted by molar-refractivity contribution is 6.02. The van der Waals surface area contributed by atoms with Crippen molar-refractivity contribution in [3.05, 3.63) is 36.0 Å². The van der Waals surface area contributed by atoms with E-state index in [9.17, 15) is 4.79 Å². The Morgan fingerprint density at radius 1 is 1.08 bits per heavy atom. The van der Waals surface area contributed by atoms with Gasteiger partial charge in [0.05, 0.1) is 14.2 Å². The predicted octanol–water partition coefficient (Wildman–Crippen LogP) is 3.20. The van der Waals surface area contributed by atoms with Crippen LogP contribution in [0.1, 0.15) is 30.8 Å². The van der Waals surface area contributed by atoms with Crippen LogP contribution >= 0.6 is 0 Å². The van der Waals surface area contributed by atoms with Gasteiger partial charge in [-0.15, -0.1) is 10.2 Å². The van der Waals surface area contributed by atoms with E-state index in [4.69, 9.17) is 9.47 Å². The highest BCUT2D eigenvalue weighted by atomic mass is 16.5. The summed E-state index contributed by atoms with van der Waals surface area (Å²) in [5.74, 6) is 2.07. The molecule has 0 saturated heterocycles. The molecule has 2 N–H and O–H groups in total. The zero-order valence-corrected chi connectivity index (χ0v) is 15.0. The summed E-state index contributed by atoms with van der Waals surface area (Å²) in [5, 5.41) is 13.9. The molecule has 1 amide bonds. The van der Waals surface area contributed by atoms with Crippen LogP contribution in [-0.2, 0) is 0 Å². The minimum absolute atomic E-state index is 0.240. The molecular weight excluding hydrogens is 320 g/mol. The summed E-state index contributed by atoms with van der Waals surface area (Å²) >= 11 is 0. The van der Waals surface area contributed by atoms with Gasteiger partial charge in [0.1, 0.15) is 5.82 Å². The Morgan fingerprint density at radius 3 is 2.44 bits per heavy atom. The van der Waals surface area contributed by atoms with Crippen LogP contribution in [-0.4, -0.2) is 36.9 Å². The van der Waals surface area contributed by atoms with Gasteiger partial charge in [-0.2, -0.15) is 0 Å². The van der Waals surface area contributed by atoms with Crippen LogP contribution in [0.25, 0.3) is 0 Å². The molecule has 0 spiro atoms. The Kier molecular flexibility index (Phi) is 6.56. The van der Waals surface area contributed by atoms with E-state index in [1.807, 2.05) is 0 Å². The van der Waals surface area contributed by atoms with E-state index in [0.29, 0.717) is 28.9 Å². The largest absolute Gasteiger partial charge is 0.493 e. The molecule has 7 heteroatoms. The number of nitrogens with zero attached hydrogens (tertiary/aromatic N) is 2. The van der Waals surface area contributed by atoms with Crippen molar-refractivity contribution in [2.24, 2.45) is 5.92 Å². The SMILES string of the molecule is COc1ccc(NC(=O)c2ccc(NCCC(C)C)nn2)cc1OC. The van der Waals surface area contributed by atoms with Gasteiger partial charge < -0.3 is 20.1 Å². The van der Waals surface area contributed by atoms with E-state index in [1.54, 1.807) is 44.6 Å². The minimum Gasteiger partial charge on any atom is -0.493 e. The van der Waals surface area contributed by atoms with Crippen LogP contribution < -0.4 is 20.1 Å². The first-order valence-corrected chi connectivity index (χ1v) is 8.14. The highest BCUT2D eigenvalue weighted by Crippen LogP contribution is 2.29. The van der Waals surface area contributed by atoms with E-state index in [0.717, 1.165) is 13.0 Å². The van der Waals surface area contributed by atoms with Gasteiger partial charge in [-0.25, -0.2) is 0 Å². The van der Waals surface area contributed by atoms with Crippen LogP contribution in [0.2, 0.25) is 0 Å². The Hall–Kier alpha value is -2.83. The molecule has 0 unspecified atom stereocenters. The van der Waals surface area contributed by atoms with Gasteiger partial charge in [0.15, 0.2) is 17.2 Å². The number of anilines is 2. The maximum Gasteiger partial charge on any atom is 0.276 e. The molecule has 25 heavy (non-hydrogen) atoms. The number of carbonyl (C=O) groups excluding carboxylic acids is 1. The molecule has 2 rings (SSSR count). The second kappa shape index (κ2) is 8.86. The van der Waals surface area contributed by atoms with Crippen LogP contribution in [0.15, 0.2) is 30.3 Å². The fraction of sp³-hybridized carbons (Fsp3) is 0.389. The van der Waals surface area contributed by atoms with Gasteiger partial charge >= 0.3 is 0 Å². The first-order valence-electron chi connectivity index (χ1n) is 8.14. The smallest absolute Gasteiger partial charge is 0.276 e. The fourth-order valence-electron chi connectivity index (χ4n) is 2.15. The Balaban J connectivity index is 1.98. The molecule has 0 aliphatic carbocycles. The number of hydrogen-bond donors (Lipinski definition) is 2. The molecule has 2 aromatic rings. The summed E-state index contributed by atoms with van der Waals surface area (Å²) in [6.07, 6.45) is 1.04. The molecule has 0 atom stereocenters. The average molecular weight is 344 g/mol. The van der Waals surface area contributed by atoms with Crippen molar-refractivity contribution >= 4 is 17.4 Å². The topological polar surface area (TPSA) is 85.4 Å². The monoisotopic (exact) mass is 344 g/mol. The lowest BCUT2D eigenvalue weighted by Gasteiger charge is -2.10. The van der Waals surface area contributed by atoms with Gasteiger partial charge in [0.25, 0.3) is 5.91 Å². The molecule has 134 valence electrons. The Labute approximate surface area is 147 Å². The molecular formula is C18H24N4O3. The van der Waals surface area contributed by atoms with E-state index in [1.165, 1.54) is 0 Å². The summed E-state index contributed by atoms with van der Waals surface area (Å²) in [7, 11) is 3.10. The van der Waals surface area contributed by atoms with Crippen LogP contribution in [0, 0.1) is 5.92 Å². The third-order valence-electron chi connectivity index (χ3n) is 3.57. The number of ether oxygens (including phenoxy) is 2. The number of rotatable bonds is 8. The normalized spacial score (nSPS) is 10.4. The van der Waals surface area contributed by atoms with Gasteiger partial charge in [0, 0.05) is 18.3 Å². The lowest BCUT2D eigenvalue weighted by Crippen LogP contribution is -2.15. The van der Waals surface area contributed by atoms with Gasteiger partial charge in [0.2, 0.25) is 0 Å². The molecule has 0 radical (unpaired) electrons. The van der Waals surface area contributed by atoms with Crippen LogP contribution in [0.3, 0.4) is 0 Å². The van der Waals surface area contributed by atoms with E-state index >= 15 is 0 Å². The first kappa shape index (κ1) is 18.5. The van der Waals surface area contributed by atoms with E-state index < -0.39 is 0 Å². The number of hydrogen-bond acceptors (Lipinski definition) is 6. The molecule has 1 aromatic carbocycles. The van der Waals surface area contributed by atoms with E-state index in [-0.39, 0.29) is 11.6 Å². The molecule has 1 heterocycles. The lowest BCUT2D eigenvalue weighted by molar-refractivity contribution is 0.102. The summed E-state index contributed by atoms with van der Waals surface area (Å²) in [6, 6.07) is 8.53. The number of amides is 1. The molecule has 0 saturated carbocycles. The van der Waals surface area contributed by atoms with Gasteiger partial charge in [-0.05, 0) is 36.6 Å². The second-order valence-electron chi connectivity index (χ2n) is 5.94. The van der Waals surface area contributed by atoms with Crippen molar-refractivity contribution < 1.29 is 14.3 Å². The highest BCUT2D eigenvalue weighted by Gasteiger charge is 2.11. The van der Waals surface area contributed by atoms with Crippen molar-refractivity contribution in [1.29, 1.82) is 0 Å². The summed E-state index contributed by atoms with van der Waals surface area (Å²) < 4.78 is 10.4. The Morgan fingerprint density at radius 2 is 1.84 bits per heavy atom. The molecule has 0 aliphatic heterocycles. The summed E-state index contributed by atoms with van der Waals surface area (Å²) in [6.45, 7) is 5.15. The number of aromatic nitrogens is 2. The maximum absolute atomic E-state index is 12.3. The molecule has 0 fully saturated rings. The van der Waals surface area contributed by atoms with Crippen LogP contribution in [0.4, 0.5) is 11.5 Å². The maximum atomic E-state index is 12.3. The molecule has 7 nitrogen and oxygen atoms in total. The Bertz CT molecular complexity index is 702. The number of methoxy groups -OCH3 is 2. The molecule has 1 aromatic heterocycles. The summed E-state index contributed by atoms with van der Waals surface area (Å²) in [5.41, 5.74) is 0.827. The molecule has 0 aliphatic rings. The van der Waals surface area contributed by atoms with Crippen LogP contribution in [0.5, 0.6) is 11.5 Å². The zero-order chi connectivity index (χ0) is 18.2. The third-order valence-corrected chi connectivity index (χ3v) is 3.57. The van der Waals surface area contributed by atoms with E-state index in [2.05, 4.69) is 34.7 Å². The lowest BCUT2D eigenvalue weighted by atomic mass is 10.1. The van der Waals surface area contributed by atoms with Crippen molar-refractivity contribution in [3.8, 4) is 11.5 Å². The average Bonchev–Trinajstić information content (AvgIpc) is 2.61. The van der Waals surface area contributed by atoms with Crippen molar-refractivity contribution in [2.45, 2.75) is 20.3 Å². The van der Waals surface area contributed by atoms with Crippen molar-refractivity contribution in [1.82, 2.24) is 10.2 Å². The minimum atomic E-state index is -0.339. The number of benzene rings is 1. The van der Waals surface area contributed by atoms with Gasteiger partial charge in [-0.3, -0.25) is 4.79 Å². The number of carbonyl (C=O) groups is 1. The number of nitrogens with one attached hydrogen (secondary N) is 2. The molecule has 0 bridgehead atoms. The fourth-order valence-corrected chi connectivity index (χ4v) is 2.15. The third kappa shape index (κ3) is 5.34. The van der Waals surface area contributed by atoms with Crippen molar-refractivity contribution in [2.75, 3.05) is 31.4 Å². The first-order chi connectivity index (χ1) is 12.0. The zero-order valence-electron chi connectivity index (χ0n) is 15.0. The quantitative estimate of drug-likeness (QED) is 0.765. The second-order valence-corrected chi connectivity index (χ2v) is 5.94.